The maximum absolute atomic E-state index is 13.8. The van der Waals surface area contributed by atoms with Crippen molar-refractivity contribution in [1.82, 2.24) is 4.90 Å². The van der Waals surface area contributed by atoms with Gasteiger partial charge in [-0.05, 0) is 42.8 Å². The zero-order valence-electron chi connectivity index (χ0n) is 20.8. The summed E-state index contributed by atoms with van der Waals surface area (Å²) in [5, 5.41) is 7.12. The Bertz CT molecular complexity index is 1220. The maximum Gasteiger partial charge on any atom is 0.490 e. The van der Waals surface area contributed by atoms with Gasteiger partial charge in [-0.25, -0.2) is 9.18 Å². The number of carboxylic acid groups (broad SMARTS) is 1. The standard InChI is InChI=1S/C25H27FN2O3.C2HF3O2/c1-18-7-10-20(11-8-18)25(29)28(14-13-27)16-19-9-12-23(24(15-19)30-2)31-17-21-5-3-4-6-22(21)26;3-2(4,5)1(6)7/h3-12,15H,13-14,16-17,27H2,1-2H3;(H,6,7). The highest BCUT2D eigenvalue weighted by molar-refractivity contribution is 5.94. The molecule has 7 nitrogen and oxygen atoms in total. The molecule has 0 bridgehead atoms. The molecule has 0 aliphatic heterocycles. The lowest BCUT2D eigenvalue weighted by Gasteiger charge is -2.23. The van der Waals surface area contributed by atoms with Gasteiger partial charge >= 0.3 is 12.1 Å². The van der Waals surface area contributed by atoms with Crippen LogP contribution in [0.3, 0.4) is 0 Å². The van der Waals surface area contributed by atoms with Crippen LogP contribution < -0.4 is 15.2 Å². The highest BCUT2D eigenvalue weighted by atomic mass is 19.4. The quantitative estimate of drug-likeness (QED) is 0.375. The van der Waals surface area contributed by atoms with Crippen LogP contribution >= 0.6 is 0 Å². The van der Waals surface area contributed by atoms with Crippen molar-refractivity contribution in [3.8, 4) is 11.5 Å². The summed E-state index contributed by atoms with van der Waals surface area (Å²) in [5.41, 5.74) is 8.80. The zero-order chi connectivity index (χ0) is 28.3. The van der Waals surface area contributed by atoms with E-state index in [4.69, 9.17) is 25.1 Å². The molecule has 11 heteroatoms. The van der Waals surface area contributed by atoms with E-state index in [0.29, 0.717) is 42.3 Å². The highest BCUT2D eigenvalue weighted by Gasteiger charge is 2.38. The molecule has 0 spiro atoms. The van der Waals surface area contributed by atoms with Gasteiger partial charge in [-0.2, -0.15) is 13.2 Å². The van der Waals surface area contributed by atoms with Gasteiger partial charge in [0.25, 0.3) is 5.91 Å². The van der Waals surface area contributed by atoms with E-state index in [-0.39, 0.29) is 18.3 Å². The van der Waals surface area contributed by atoms with Crippen molar-refractivity contribution in [2.75, 3.05) is 20.2 Å². The number of rotatable bonds is 9. The van der Waals surface area contributed by atoms with Crippen LogP contribution in [0, 0.1) is 12.7 Å². The van der Waals surface area contributed by atoms with Crippen LogP contribution in [-0.2, 0) is 17.9 Å². The van der Waals surface area contributed by atoms with Crippen LogP contribution in [0.4, 0.5) is 17.6 Å². The van der Waals surface area contributed by atoms with E-state index in [1.165, 1.54) is 6.07 Å². The molecule has 0 aliphatic carbocycles. The first-order valence-corrected chi connectivity index (χ1v) is 11.4. The van der Waals surface area contributed by atoms with E-state index in [1.807, 2.05) is 43.3 Å². The molecule has 0 atom stereocenters. The van der Waals surface area contributed by atoms with E-state index in [9.17, 15) is 22.4 Å². The van der Waals surface area contributed by atoms with Crippen LogP contribution in [-0.4, -0.2) is 48.3 Å². The van der Waals surface area contributed by atoms with Gasteiger partial charge in [0.1, 0.15) is 12.4 Å². The average Bonchev–Trinajstić information content (AvgIpc) is 2.88. The van der Waals surface area contributed by atoms with Gasteiger partial charge in [0.15, 0.2) is 11.5 Å². The van der Waals surface area contributed by atoms with Crippen LogP contribution in [0.5, 0.6) is 11.5 Å². The third kappa shape index (κ3) is 9.07. The van der Waals surface area contributed by atoms with Gasteiger partial charge in [0.2, 0.25) is 0 Å². The molecular formula is C27H28F4N2O5. The molecular weight excluding hydrogens is 508 g/mol. The number of hydrogen-bond donors (Lipinski definition) is 2. The summed E-state index contributed by atoms with van der Waals surface area (Å²) in [6.07, 6.45) is -5.08. The van der Waals surface area contributed by atoms with Gasteiger partial charge in [-0.1, -0.05) is 42.0 Å². The smallest absolute Gasteiger partial charge is 0.490 e. The van der Waals surface area contributed by atoms with Crippen LogP contribution in [0.15, 0.2) is 66.7 Å². The fourth-order valence-electron chi connectivity index (χ4n) is 3.21. The molecule has 3 N–H and O–H groups in total. The number of benzene rings is 3. The fraction of sp³-hybridized carbons (Fsp3) is 0.259. The van der Waals surface area contributed by atoms with Crippen LogP contribution in [0.25, 0.3) is 0 Å². The Balaban J connectivity index is 0.000000638. The Kier molecular flexibility index (Phi) is 11.1. The van der Waals surface area contributed by atoms with Crippen molar-refractivity contribution in [3.05, 3.63) is 94.8 Å². The van der Waals surface area contributed by atoms with Crippen molar-refractivity contribution in [3.63, 3.8) is 0 Å². The lowest BCUT2D eigenvalue weighted by molar-refractivity contribution is -0.192. The first kappa shape index (κ1) is 30.1. The molecule has 3 rings (SSSR count). The SMILES string of the molecule is COc1cc(CN(CCN)C(=O)c2ccc(C)cc2)ccc1OCc1ccccc1F.O=C(O)C(F)(F)F. The molecule has 0 aliphatic rings. The van der Waals surface area contributed by atoms with Crippen molar-refractivity contribution >= 4 is 11.9 Å². The number of carboxylic acids is 1. The predicted octanol–water partition coefficient (Wildman–Crippen LogP) is 4.96. The Morgan fingerprint density at radius 2 is 1.63 bits per heavy atom. The third-order valence-electron chi connectivity index (χ3n) is 5.17. The number of nitrogens with two attached hydrogens (primary N) is 1. The van der Waals surface area contributed by atoms with Gasteiger partial charge < -0.3 is 25.2 Å². The van der Waals surface area contributed by atoms with E-state index in [1.54, 1.807) is 36.3 Å². The number of ether oxygens (including phenoxy) is 2. The van der Waals surface area contributed by atoms with Crippen molar-refractivity contribution in [1.29, 1.82) is 0 Å². The monoisotopic (exact) mass is 536 g/mol. The number of aryl methyl sites for hydroxylation is 1. The number of nitrogens with zero attached hydrogens (tertiary/aromatic N) is 1. The summed E-state index contributed by atoms with van der Waals surface area (Å²) in [7, 11) is 1.55. The number of amides is 1. The molecule has 0 saturated carbocycles. The molecule has 0 heterocycles. The van der Waals surface area contributed by atoms with E-state index in [2.05, 4.69) is 0 Å². The minimum absolute atomic E-state index is 0.0794. The van der Waals surface area contributed by atoms with Crippen molar-refractivity contribution in [2.24, 2.45) is 5.73 Å². The summed E-state index contributed by atoms with van der Waals surface area (Å²) >= 11 is 0. The lowest BCUT2D eigenvalue weighted by atomic mass is 10.1. The normalized spacial score (nSPS) is 10.7. The summed E-state index contributed by atoms with van der Waals surface area (Å²) in [6, 6.07) is 19.4. The Morgan fingerprint density at radius 3 is 2.18 bits per heavy atom. The molecule has 0 unspecified atom stereocenters. The lowest BCUT2D eigenvalue weighted by Crippen LogP contribution is -2.34. The van der Waals surface area contributed by atoms with Crippen LogP contribution in [0.2, 0.25) is 0 Å². The van der Waals surface area contributed by atoms with Gasteiger partial charge in [0, 0.05) is 30.8 Å². The van der Waals surface area contributed by atoms with E-state index >= 15 is 0 Å². The zero-order valence-corrected chi connectivity index (χ0v) is 20.8. The Hall–Kier alpha value is -4.12. The number of alkyl halides is 3. The minimum Gasteiger partial charge on any atom is -0.493 e. The average molecular weight is 537 g/mol. The number of carbonyl (C=O) groups excluding carboxylic acids is 1. The largest absolute Gasteiger partial charge is 0.493 e. The Labute approximate surface area is 217 Å². The predicted molar refractivity (Wildman–Crippen MR) is 132 cm³/mol. The summed E-state index contributed by atoms with van der Waals surface area (Å²) in [6.45, 7) is 3.24. The van der Waals surface area contributed by atoms with Crippen molar-refractivity contribution < 1.29 is 41.7 Å². The topological polar surface area (TPSA) is 102 Å². The molecule has 1 amide bonds. The second-order valence-corrected chi connectivity index (χ2v) is 8.05. The summed E-state index contributed by atoms with van der Waals surface area (Å²) < 4.78 is 56.8. The van der Waals surface area contributed by atoms with Gasteiger partial charge in [0.05, 0.1) is 7.11 Å². The second kappa shape index (κ2) is 14.0. The van der Waals surface area contributed by atoms with E-state index < -0.39 is 12.1 Å². The molecule has 0 saturated heterocycles. The maximum atomic E-state index is 13.8. The van der Waals surface area contributed by atoms with Crippen LogP contribution in [0.1, 0.15) is 27.0 Å². The molecule has 3 aromatic rings. The summed E-state index contributed by atoms with van der Waals surface area (Å²) in [4.78, 5) is 23.5. The molecule has 38 heavy (non-hydrogen) atoms. The van der Waals surface area contributed by atoms with E-state index in [0.717, 1.165) is 11.1 Å². The molecule has 204 valence electrons. The minimum atomic E-state index is -5.08. The summed E-state index contributed by atoms with van der Waals surface area (Å²) in [5.74, 6) is -2.13. The number of carbonyl (C=O) groups is 2. The first-order chi connectivity index (χ1) is 18.0. The highest BCUT2D eigenvalue weighted by Crippen LogP contribution is 2.30. The number of hydrogen-bond acceptors (Lipinski definition) is 5. The van der Waals surface area contributed by atoms with Crippen molar-refractivity contribution in [2.45, 2.75) is 26.3 Å². The third-order valence-corrected chi connectivity index (χ3v) is 5.17. The molecule has 0 radical (unpaired) electrons. The second-order valence-electron chi connectivity index (χ2n) is 8.05. The van der Waals surface area contributed by atoms with Gasteiger partial charge in [-0.3, -0.25) is 4.79 Å². The molecule has 0 fully saturated rings. The first-order valence-electron chi connectivity index (χ1n) is 11.4. The fourth-order valence-corrected chi connectivity index (χ4v) is 3.21. The number of halogens is 4. The van der Waals surface area contributed by atoms with Gasteiger partial charge in [-0.15, -0.1) is 0 Å². The number of aliphatic carboxylic acids is 1. The molecule has 3 aromatic carbocycles. The Morgan fingerprint density at radius 1 is 1.00 bits per heavy atom. The number of methoxy groups -OCH3 is 1. The molecule has 0 aromatic heterocycles.